The number of hydrogen-bond acceptors (Lipinski definition) is 10. The van der Waals surface area contributed by atoms with E-state index in [1.54, 1.807) is 54.1 Å². The number of carbonyl (C=O) groups excluding carboxylic acids is 4. The molecule has 0 saturated heterocycles. The molecule has 2 aliphatic rings. The van der Waals surface area contributed by atoms with Crippen LogP contribution in [0.5, 0.6) is 0 Å². The number of nitrogens with one attached hydrogen (secondary N) is 4. The summed E-state index contributed by atoms with van der Waals surface area (Å²) in [5, 5.41) is 12.1. The zero-order chi connectivity index (χ0) is 34.8. The number of benzene rings is 2. The predicted octanol–water partition coefficient (Wildman–Crippen LogP) is 10.1. The molecule has 14 heteroatoms. The summed E-state index contributed by atoms with van der Waals surface area (Å²) in [6.07, 6.45) is 15.6. The lowest BCUT2D eigenvalue weighted by Gasteiger charge is -2.14. The van der Waals surface area contributed by atoms with Gasteiger partial charge in [0, 0.05) is 23.0 Å². The van der Waals surface area contributed by atoms with Gasteiger partial charge in [0.05, 0.1) is 32.2 Å². The van der Waals surface area contributed by atoms with Crippen molar-refractivity contribution in [3.05, 3.63) is 71.5 Å². The van der Waals surface area contributed by atoms with Gasteiger partial charge in [-0.2, -0.15) is 0 Å². The number of hydrogen-bond donors (Lipinski definition) is 4. The molecule has 2 aromatic carbocycles. The van der Waals surface area contributed by atoms with Gasteiger partial charge in [-0.3, -0.25) is 20.2 Å². The summed E-state index contributed by atoms with van der Waals surface area (Å²) in [5.74, 6) is 0.422. The van der Waals surface area contributed by atoms with Gasteiger partial charge in [-0.1, -0.05) is 72.1 Å². The molecule has 4 aromatic rings. The van der Waals surface area contributed by atoms with Gasteiger partial charge in [0.15, 0.2) is 21.8 Å². The number of ketones is 2. The summed E-state index contributed by atoms with van der Waals surface area (Å²) >= 11 is 6.00. The van der Waals surface area contributed by atoms with Crippen LogP contribution >= 0.6 is 46.2 Å². The van der Waals surface area contributed by atoms with Gasteiger partial charge >= 0.3 is 12.1 Å². The third kappa shape index (κ3) is 10.2. The predicted molar refractivity (Wildman–Crippen MR) is 203 cm³/mol. The molecule has 10 nitrogen and oxygen atoms in total. The summed E-state index contributed by atoms with van der Waals surface area (Å²) < 4.78 is 2.06. The van der Waals surface area contributed by atoms with Gasteiger partial charge in [-0.05, 0) is 69.4 Å². The summed E-state index contributed by atoms with van der Waals surface area (Å²) in [5.41, 5.74) is 3.31. The van der Waals surface area contributed by atoms with Crippen LogP contribution in [-0.4, -0.2) is 46.1 Å². The molecular formula is C35H40N6O4S4. The molecule has 0 radical (unpaired) electrons. The lowest BCUT2D eigenvalue weighted by Crippen LogP contribution is -2.22. The van der Waals surface area contributed by atoms with E-state index in [0.717, 1.165) is 65.3 Å². The topological polar surface area (TPSA) is 142 Å². The maximum atomic E-state index is 12.8. The first-order valence-electron chi connectivity index (χ1n) is 16.2. The quantitative estimate of drug-likeness (QED) is 0.0931. The molecule has 6 rings (SSSR count). The molecule has 4 N–H and O–H groups in total. The van der Waals surface area contributed by atoms with E-state index in [0.29, 0.717) is 32.8 Å². The maximum absolute atomic E-state index is 12.8. The van der Waals surface area contributed by atoms with Crippen LogP contribution in [0.2, 0.25) is 0 Å². The second-order valence-electron chi connectivity index (χ2n) is 11.8. The summed E-state index contributed by atoms with van der Waals surface area (Å²) in [6.45, 7) is 1.95. The Balaban J connectivity index is 0.000000191. The first-order chi connectivity index (χ1) is 23.7. The van der Waals surface area contributed by atoms with Crippen molar-refractivity contribution < 1.29 is 19.2 Å². The highest BCUT2D eigenvalue weighted by molar-refractivity contribution is 8.00. The molecule has 0 spiro atoms. The Morgan fingerprint density at radius 3 is 1.61 bits per heavy atom. The van der Waals surface area contributed by atoms with Crippen molar-refractivity contribution in [2.75, 3.05) is 33.8 Å². The van der Waals surface area contributed by atoms with E-state index >= 15 is 0 Å². The fraction of sp³-hybridized carbons (Fsp3) is 0.371. The average Bonchev–Trinajstić information content (AvgIpc) is 3.94. The summed E-state index contributed by atoms with van der Waals surface area (Å²) in [4.78, 5) is 58.3. The molecule has 0 atom stereocenters. The Morgan fingerprint density at radius 2 is 1.12 bits per heavy atom. The number of thioether (sulfide) groups is 2. The van der Waals surface area contributed by atoms with Gasteiger partial charge in [-0.25, -0.2) is 19.6 Å². The molecule has 2 heterocycles. The van der Waals surface area contributed by atoms with Crippen molar-refractivity contribution in [3.63, 3.8) is 0 Å². The minimum absolute atomic E-state index is 0.0773. The van der Waals surface area contributed by atoms with Crippen LogP contribution in [0, 0.1) is 18.8 Å². The number of para-hydroxylation sites is 1. The SMILES string of the molecule is CSc1cnc(NC(=O)Nc2ccc(C)cc2C(=O)C2CCCC2)s1.CSc1cnc(NC(=O)Nc2ccccc2C(=O)C2CCCC2)s1. The van der Waals surface area contributed by atoms with Crippen LogP contribution in [0.3, 0.4) is 0 Å². The normalized spacial score (nSPS) is 14.5. The number of nitrogens with zero attached hydrogens (tertiary/aromatic N) is 2. The molecule has 2 aliphatic carbocycles. The number of amides is 4. The minimum Gasteiger partial charge on any atom is -0.307 e. The van der Waals surface area contributed by atoms with Crippen molar-refractivity contribution in [1.29, 1.82) is 0 Å². The molecule has 4 amide bonds. The Bertz CT molecular complexity index is 1780. The zero-order valence-electron chi connectivity index (χ0n) is 27.7. The number of Topliss-reactive ketones (excluding diaryl/α,β-unsaturated/α-hetero) is 2. The van der Waals surface area contributed by atoms with E-state index in [4.69, 9.17) is 0 Å². The van der Waals surface area contributed by atoms with Crippen molar-refractivity contribution in [2.45, 2.75) is 66.7 Å². The first-order valence-corrected chi connectivity index (χ1v) is 20.3. The highest BCUT2D eigenvalue weighted by atomic mass is 32.2. The summed E-state index contributed by atoms with van der Waals surface area (Å²) in [7, 11) is 0. The largest absolute Gasteiger partial charge is 0.325 e. The van der Waals surface area contributed by atoms with Crippen LogP contribution in [0.15, 0.2) is 63.3 Å². The van der Waals surface area contributed by atoms with E-state index in [-0.39, 0.29) is 35.5 Å². The number of carbonyl (C=O) groups is 4. The van der Waals surface area contributed by atoms with Gasteiger partial charge in [0.1, 0.15) is 0 Å². The Labute approximate surface area is 303 Å². The molecule has 0 unspecified atom stereocenters. The van der Waals surface area contributed by atoms with Gasteiger partial charge in [-0.15, -0.1) is 23.5 Å². The van der Waals surface area contributed by atoms with E-state index in [1.165, 1.54) is 22.7 Å². The molecule has 2 saturated carbocycles. The Morgan fingerprint density at radius 1 is 0.653 bits per heavy atom. The van der Waals surface area contributed by atoms with Crippen LogP contribution < -0.4 is 21.3 Å². The fourth-order valence-electron chi connectivity index (χ4n) is 5.92. The second-order valence-corrected chi connectivity index (χ2v) is 16.1. The minimum atomic E-state index is -0.385. The van der Waals surface area contributed by atoms with Gasteiger partial charge in [0.2, 0.25) is 0 Å². The number of rotatable bonds is 10. The number of aromatic nitrogens is 2. The zero-order valence-corrected chi connectivity index (χ0v) is 30.9. The van der Waals surface area contributed by atoms with Gasteiger partial charge < -0.3 is 10.6 Å². The van der Waals surface area contributed by atoms with E-state index in [2.05, 4.69) is 31.2 Å². The number of thiazole rings is 2. The first kappa shape index (κ1) is 36.6. The van der Waals surface area contributed by atoms with Crippen molar-refractivity contribution in [2.24, 2.45) is 11.8 Å². The standard InChI is InChI=1S/C18H21N3O2S2.C17H19N3O2S2/c1-11-7-8-14(13(9-11)16(22)12-5-3-4-6-12)20-17(23)21-18-19-10-15(24-2)25-18;1-23-14-10-18-17(24-14)20-16(22)19-13-9-5-4-8-12(13)15(21)11-6-2-3-7-11/h7-10,12H,3-6H2,1-2H3,(H2,19,20,21,23);4-5,8-11H,2-3,6-7H2,1H3,(H2,18,19,20,22). The third-order valence-corrected chi connectivity index (χ3v) is 12.3. The van der Waals surface area contributed by atoms with E-state index in [1.807, 2.05) is 43.7 Å². The summed E-state index contributed by atoms with van der Waals surface area (Å²) in [6, 6.07) is 12.0. The monoisotopic (exact) mass is 736 g/mol. The maximum Gasteiger partial charge on any atom is 0.325 e. The smallest absolute Gasteiger partial charge is 0.307 e. The molecule has 2 aromatic heterocycles. The van der Waals surface area contributed by atoms with Crippen molar-refractivity contribution in [3.8, 4) is 0 Å². The molecular weight excluding hydrogens is 697 g/mol. The number of anilines is 4. The Hall–Kier alpha value is -3.72. The Kier molecular flexibility index (Phi) is 13.3. The fourth-order valence-corrected chi connectivity index (χ4v) is 8.46. The second kappa shape index (κ2) is 17.8. The van der Waals surface area contributed by atoms with E-state index in [9.17, 15) is 19.2 Å². The highest BCUT2D eigenvalue weighted by Crippen LogP contribution is 2.33. The van der Waals surface area contributed by atoms with Crippen LogP contribution in [0.4, 0.5) is 31.2 Å². The average molecular weight is 737 g/mol. The highest BCUT2D eigenvalue weighted by Gasteiger charge is 2.27. The van der Waals surface area contributed by atoms with Crippen molar-refractivity contribution in [1.82, 2.24) is 9.97 Å². The number of urea groups is 2. The lowest BCUT2D eigenvalue weighted by atomic mass is 9.94. The van der Waals surface area contributed by atoms with Gasteiger partial charge in [0.25, 0.3) is 0 Å². The molecule has 49 heavy (non-hydrogen) atoms. The third-order valence-electron chi connectivity index (χ3n) is 8.39. The molecule has 0 aliphatic heterocycles. The molecule has 2 fully saturated rings. The number of aryl methyl sites for hydroxylation is 1. The molecule has 0 bridgehead atoms. The van der Waals surface area contributed by atoms with Crippen LogP contribution in [0.1, 0.15) is 77.6 Å². The molecule has 258 valence electrons. The van der Waals surface area contributed by atoms with Crippen LogP contribution in [-0.2, 0) is 0 Å². The van der Waals surface area contributed by atoms with Crippen molar-refractivity contribution >= 4 is 91.5 Å². The lowest BCUT2D eigenvalue weighted by molar-refractivity contribution is 0.0916. The van der Waals surface area contributed by atoms with Crippen LogP contribution in [0.25, 0.3) is 0 Å². The van der Waals surface area contributed by atoms with E-state index < -0.39 is 0 Å².